The number of hydrogen-bond donors (Lipinski definition) is 2. The fourth-order valence-electron chi connectivity index (χ4n) is 2.35. The van der Waals surface area contributed by atoms with Gasteiger partial charge in [-0.3, -0.25) is 0 Å². The van der Waals surface area contributed by atoms with Crippen LogP contribution in [0.4, 0.5) is 0 Å². The summed E-state index contributed by atoms with van der Waals surface area (Å²) in [6, 6.07) is 5.45. The molecular formula is C14H22N2O2S2. The molecule has 1 atom stereocenters. The van der Waals surface area contributed by atoms with Crippen LogP contribution < -0.4 is 10.5 Å². The van der Waals surface area contributed by atoms with Gasteiger partial charge in [0.15, 0.2) is 0 Å². The molecule has 0 amide bonds. The zero-order chi connectivity index (χ0) is 14.6. The lowest BCUT2D eigenvalue weighted by Gasteiger charge is -2.14. The molecule has 0 aromatic heterocycles. The van der Waals surface area contributed by atoms with E-state index in [4.69, 9.17) is 5.73 Å². The van der Waals surface area contributed by atoms with E-state index in [-0.39, 0.29) is 0 Å². The van der Waals surface area contributed by atoms with Gasteiger partial charge in [0.05, 0.1) is 4.90 Å². The van der Waals surface area contributed by atoms with E-state index >= 15 is 0 Å². The van der Waals surface area contributed by atoms with Crippen LogP contribution in [0, 0.1) is 0 Å². The van der Waals surface area contributed by atoms with Gasteiger partial charge in [0.2, 0.25) is 10.0 Å². The van der Waals surface area contributed by atoms with Crippen LogP contribution in [0.25, 0.3) is 0 Å². The Morgan fingerprint density at radius 2 is 2.25 bits per heavy atom. The normalized spacial score (nSPS) is 19.4. The maximum atomic E-state index is 12.5. The molecule has 0 radical (unpaired) electrons. The first kappa shape index (κ1) is 15.8. The summed E-state index contributed by atoms with van der Waals surface area (Å²) < 4.78 is 27.7. The first-order chi connectivity index (χ1) is 9.56. The Hall–Kier alpha value is -0.560. The van der Waals surface area contributed by atoms with Crippen molar-refractivity contribution < 1.29 is 8.42 Å². The standard InChI is InChI=1S/C14H22N2O2S2/c1-2-12-6-5-11(9-15)8-14(12)20(17,18)16-10-13-4-3-7-19-13/h5-6,8,13,16H,2-4,7,9-10,15H2,1H3. The fraction of sp³-hybridized carbons (Fsp3) is 0.571. The van der Waals surface area contributed by atoms with Crippen LogP contribution in [0.1, 0.15) is 30.9 Å². The number of thioether (sulfide) groups is 1. The van der Waals surface area contributed by atoms with E-state index in [0.717, 1.165) is 23.3 Å². The summed E-state index contributed by atoms with van der Waals surface area (Å²) in [6.45, 7) is 2.83. The minimum atomic E-state index is -3.44. The number of nitrogens with two attached hydrogens (primary N) is 1. The minimum absolute atomic E-state index is 0.352. The third-order valence-electron chi connectivity index (χ3n) is 3.56. The Morgan fingerprint density at radius 1 is 1.45 bits per heavy atom. The molecule has 4 nitrogen and oxygen atoms in total. The van der Waals surface area contributed by atoms with Crippen LogP contribution in [0.15, 0.2) is 23.1 Å². The molecule has 1 aliphatic rings. The molecular weight excluding hydrogens is 292 g/mol. The minimum Gasteiger partial charge on any atom is -0.326 e. The Bertz CT molecular complexity index is 552. The van der Waals surface area contributed by atoms with Gasteiger partial charge in [-0.25, -0.2) is 13.1 Å². The highest BCUT2D eigenvalue weighted by Gasteiger charge is 2.22. The van der Waals surface area contributed by atoms with Crippen molar-refractivity contribution in [1.29, 1.82) is 0 Å². The maximum absolute atomic E-state index is 12.5. The second kappa shape index (κ2) is 6.93. The van der Waals surface area contributed by atoms with Crippen LogP contribution in [0.2, 0.25) is 0 Å². The molecule has 6 heteroatoms. The van der Waals surface area contributed by atoms with E-state index in [1.54, 1.807) is 6.07 Å². The summed E-state index contributed by atoms with van der Waals surface area (Å²) in [5.74, 6) is 1.13. The van der Waals surface area contributed by atoms with Crippen LogP contribution >= 0.6 is 11.8 Å². The van der Waals surface area contributed by atoms with Gasteiger partial charge in [0.1, 0.15) is 0 Å². The van der Waals surface area contributed by atoms with Crippen LogP contribution in [0.3, 0.4) is 0 Å². The first-order valence-corrected chi connectivity index (χ1v) is 9.53. The van der Waals surface area contributed by atoms with Crippen molar-refractivity contribution in [3.8, 4) is 0 Å². The van der Waals surface area contributed by atoms with E-state index in [1.807, 2.05) is 30.8 Å². The lowest BCUT2D eigenvalue weighted by atomic mass is 10.1. The molecule has 112 valence electrons. The van der Waals surface area contributed by atoms with Gasteiger partial charge in [-0.1, -0.05) is 19.1 Å². The van der Waals surface area contributed by atoms with Gasteiger partial charge in [0.25, 0.3) is 0 Å². The van der Waals surface area contributed by atoms with Gasteiger partial charge >= 0.3 is 0 Å². The van der Waals surface area contributed by atoms with Gasteiger partial charge in [-0.05, 0) is 42.2 Å². The molecule has 1 aromatic rings. The van der Waals surface area contributed by atoms with Crippen molar-refractivity contribution in [3.05, 3.63) is 29.3 Å². The summed E-state index contributed by atoms with van der Waals surface area (Å²) in [4.78, 5) is 0.381. The smallest absolute Gasteiger partial charge is 0.240 e. The monoisotopic (exact) mass is 314 g/mol. The van der Waals surface area contributed by atoms with Crippen LogP contribution in [-0.2, 0) is 23.0 Å². The van der Waals surface area contributed by atoms with E-state index in [1.165, 1.54) is 6.42 Å². The third-order valence-corrected chi connectivity index (χ3v) is 6.47. The molecule has 1 heterocycles. The van der Waals surface area contributed by atoms with Crippen molar-refractivity contribution in [3.63, 3.8) is 0 Å². The molecule has 0 spiro atoms. The van der Waals surface area contributed by atoms with Crippen molar-refractivity contribution in [1.82, 2.24) is 4.72 Å². The summed E-state index contributed by atoms with van der Waals surface area (Å²) >= 11 is 1.85. The van der Waals surface area contributed by atoms with Gasteiger partial charge < -0.3 is 5.73 Å². The molecule has 0 aliphatic carbocycles. The molecule has 1 aromatic carbocycles. The van der Waals surface area contributed by atoms with Crippen molar-refractivity contribution in [2.45, 2.75) is 42.9 Å². The maximum Gasteiger partial charge on any atom is 0.240 e. The zero-order valence-electron chi connectivity index (χ0n) is 11.8. The number of benzene rings is 1. The van der Waals surface area contributed by atoms with Crippen LogP contribution in [0.5, 0.6) is 0 Å². The topological polar surface area (TPSA) is 72.2 Å². The molecule has 0 saturated carbocycles. The number of hydrogen-bond acceptors (Lipinski definition) is 4. The van der Waals surface area contributed by atoms with Gasteiger partial charge in [-0.2, -0.15) is 11.8 Å². The highest BCUT2D eigenvalue weighted by molar-refractivity contribution is 8.00. The molecule has 1 saturated heterocycles. The molecule has 1 unspecified atom stereocenters. The highest BCUT2D eigenvalue weighted by atomic mass is 32.2. The Balaban J connectivity index is 2.18. The second-order valence-electron chi connectivity index (χ2n) is 4.99. The van der Waals surface area contributed by atoms with E-state index in [9.17, 15) is 8.42 Å². The second-order valence-corrected chi connectivity index (χ2v) is 8.13. The number of nitrogens with one attached hydrogen (secondary N) is 1. The molecule has 20 heavy (non-hydrogen) atoms. The summed E-state index contributed by atoms with van der Waals surface area (Å²) in [5, 5.41) is 0.410. The Kier molecular flexibility index (Phi) is 5.49. The fourth-order valence-corrected chi connectivity index (χ4v) is 5.10. The molecule has 2 rings (SSSR count). The lowest BCUT2D eigenvalue weighted by Crippen LogP contribution is -2.30. The van der Waals surface area contributed by atoms with Crippen molar-refractivity contribution >= 4 is 21.8 Å². The largest absolute Gasteiger partial charge is 0.326 e. The molecule has 0 bridgehead atoms. The summed E-state index contributed by atoms with van der Waals surface area (Å²) in [5.41, 5.74) is 7.30. The summed E-state index contributed by atoms with van der Waals surface area (Å²) in [6.07, 6.45) is 2.97. The molecule has 1 aliphatic heterocycles. The summed E-state index contributed by atoms with van der Waals surface area (Å²) in [7, 11) is -3.44. The average molecular weight is 314 g/mol. The van der Waals surface area contributed by atoms with Crippen molar-refractivity contribution in [2.24, 2.45) is 5.73 Å². The van der Waals surface area contributed by atoms with Crippen molar-refractivity contribution in [2.75, 3.05) is 12.3 Å². The quantitative estimate of drug-likeness (QED) is 0.841. The molecule has 3 N–H and O–H groups in total. The predicted octanol–water partition coefficient (Wildman–Crippen LogP) is 1.88. The third kappa shape index (κ3) is 3.75. The number of sulfonamides is 1. The predicted molar refractivity (Wildman–Crippen MR) is 84.4 cm³/mol. The lowest BCUT2D eigenvalue weighted by molar-refractivity contribution is 0.578. The van der Waals surface area contributed by atoms with E-state index in [2.05, 4.69) is 4.72 Å². The highest BCUT2D eigenvalue weighted by Crippen LogP contribution is 2.26. The van der Waals surface area contributed by atoms with Gasteiger partial charge in [-0.15, -0.1) is 0 Å². The average Bonchev–Trinajstić information content (AvgIpc) is 2.98. The van der Waals surface area contributed by atoms with Gasteiger partial charge in [0, 0.05) is 18.3 Å². The Morgan fingerprint density at radius 3 is 2.85 bits per heavy atom. The zero-order valence-corrected chi connectivity index (χ0v) is 13.4. The Labute approximate surface area is 125 Å². The SMILES string of the molecule is CCc1ccc(CN)cc1S(=O)(=O)NCC1CCCS1. The number of rotatable bonds is 6. The van der Waals surface area contributed by atoms with E-state index < -0.39 is 10.0 Å². The van der Waals surface area contributed by atoms with E-state index in [0.29, 0.717) is 29.7 Å². The first-order valence-electron chi connectivity index (χ1n) is 7.00. The van der Waals surface area contributed by atoms with Crippen LogP contribution in [-0.4, -0.2) is 26.0 Å². The molecule has 1 fully saturated rings. The number of aryl methyl sites for hydroxylation is 1.